The van der Waals surface area contributed by atoms with Crippen molar-refractivity contribution in [1.82, 2.24) is 4.98 Å². The molecule has 0 bridgehead atoms. The lowest BCUT2D eigenvalue weighted by molar-refractivity contribution is -0.383. The third-order valence-corrected chi connectivity index (χ3v) is 3.63. The van der Waals surface area contributed by atoms with E-state index in [-0.39, 0.29) is 10.6 Å². The minimum Gasteiger partial charge on any atom is -0.381 e. The molecule has 110 valence electrons. The Kier molecular flexibility index (Phi) is 3.84. The standard InChI is InChI=1S/C16H13N3O2S/c20-19(21)16-12(10-17-13-4-2-1-3-5-13)7-6-11-8-9-14(22)18-15(11)16/h1-9,17H,10H2,(H,18,22). The van der Waals surface area contributed by atoms with E-state index < -0.39 is 0 Å². The summed E-state index contributed by atoms with van der Waals surface area (Å²) in [7, 11) is 0. The van der Waals surface area contributed by atoms with Crippen molar-refractivity contribution in [2.75, 3.05) is 5.32 Å². The third kappa shape index (κ3) is 2.82. The summed E-state index contributed by atoms with van der Waals surface area (Å²) in [5.74, 6) is 0. The van der Waals surface area contributed by atoms with Gasteiger partial charge in [0.2, 0.25) is 0 Å². The van der Waals surface area contributed by atoms with E-state index >= 15 is 0 Å². The van der Waals surface area contributed by atoms with Crippen molar-refractivity contribution in [2.24, 2.45) is 0 Å². The molecular weight excluding hydrogens is 298 g/mol. The van der Waals surface area contributed by atoms with Crippen LogP contribution in [0.1, 0.15) is 5.56 Å². The summed E-state index contributed by atoms with van der Waals surface area (Å²) < 4.78 is 0.476. The van der Waals surface area contributed by atoms with Gasteiger partial charge in [-0.15, -0.1) is 0 Å². The summed E-state index contributed by atoms with van der Waals surface area (Å²) in [6, 6.07) is 16.7. The number of para-hydroxylation sites is 1. The van der Waals surface area contributed by atoms with Gasteiger partial charge < -0.3 is 10.3 Å². The van der Waals surface area contributed by atoms with Crippen molar-refractivity contribution >= 4 is 34.5 Å². The second kappa shape index (κ2) is 5.95. The Morgan fingerprint density at radius 1 is 1.09 bits per heavy atom. The number of nitro groups is 1. The van der Waals surface area contributed by atoms with Crippen LogP contribution in [-0.2, 0) is 6.54 Å². The van der Waals surface area contributed by atoms with Gasteiger partial charge in [-0.25, -0.2) is 0 Å². The van der Waals surface area contributed by atoms with E-state index in [1.54, 1.807) is 18.2 Å². The van der Waals surface area contributed by atoms with Crippen LogP contribution in [0.25, 0.3) is 10.9 Å². The number of nitrogens with one attached hydrogen (secondary N) is 2. The average molecular weight is 311 g/mol. The number of pyridine rings is 1. The average Bonchev–Trinajstić information content (AvgIpc) is 2.52. The fourth-order valence-corrected chi connectivity index (χ4v) is 2.53. The Morgan fingerprint density at radius 3 is 2.55 bits per heavy atom. The quantitative estimate of drug-likeness (QED) is 0.425. The highest BCUT2D eigenvalue weighted by atomic mass is 32.1. The van der Waals surface area contributed by atoms with Crippen molar-refractivity contribution in [2.45, 2.75) is 6.54 Å². The molecule has 0 aliphatic rings. The highest BCUT2D eigenvalue weighted by molar-refractivity contribution is 7.71. The van der Waals surface area contributed by atoms with Crippen molar-refractivity contribution in [1.29, 1.82) is 0 Å². The SMILES string of the molecule is O=[N+]([O-])c1c(CNc2ccccc2)ccc2ccc(=S)[nH]c12. The molecule has 1 aromatic heterocycles. The molecule has 0 amide bonds. The van der Waals surface area contributed by atoms with Crippen LogP contribution >= 0.6 is 12.2 Å². The molecule has 0 spiro atoms. The van der Waals surface area contributed by atoms with Crippen LogP contribution in [0, 0.1) is 14.8 Å². The number of rotatable bonds is 4. The Labute approximate surface area is 131 Å². The van der Waals surface area contributed by atoms with Gasteiger partial charge in [0, 0.05) is 17.6 Å². The van der Waals surface area contributed by atoms with E-state index in [0.29, 0.717) is 22.3 Å². The van der Waals surface area contributed by atoms with Crippen molar-refractivity contribution < 1.29 is 4.92 Å². The first-order valence-electron chi connectivity index (χ1n) is 6.73. The summed E-state index contributed by atoms with van der Waals surface area (Å²) in [4.78, 5) is 14.0. The van der Waals surface area contributed by atoms with E-state index in [1.807, 2.05) is 36.4 Å². The first-order chi connectivity index (χ1) is 10.6. The predicted octanol–water partition coefficient (Wildman–Crippen LogP) is 4.42. The van der Waals surface area contributed by atoms with Crippen LogP contribution in [0.5, 0.6) is 0 Å². The number of aromatic amines is 1. The first kappa shape index (κ1) is 14.2. The number of nitro benzene ring substituents is 1. The minimum atomic E-state index is -0.365. The minimum absolute atomic E-state index is 0.0626. The number of fused-ring (bicyclic) bond motifs is 1. The van der Waals surface area contributed by atoms with Gasteiger partial charge in [-0.05, 0) is 30.3 Å². The van der Waals surface area contributed by atoms with E-state index in [4.69, 9.17) is 12.2 Å². The summed E-state index contributed by atoms with van der Waals surface area (Å²) >= 11 is 5.08. The molecule has 22 heavy (non-hydrogen) atoms. The lowest BCUT2D eigenvalue weighted by Gasteiger charge is -2.09. The fraction of sp³-hybridized carbons (Fsp3) is 0.0625. The molecule has 0 atom stereocenters. The second-order valence-electron chi connectivity index (χ2n) is 4.84. The number of hydrogen-bond acceptors (Lipinski definition) is 4. The van der Waals surface area contributed by atoms with Gasteiger partial charge in [-0.2, -0.15) is 0 Å². The summed E-state index contributed by atoms with van der Waals surface area (Å²) in [6.07, 6.45) is 0. The molecule has 0 fully saturated rings. The number of hydrogen-bond donors (Lipinski definition) is 2. The second-order valence-corrected chi connectivity index (χ2v) is 5.28. The van der Waals surface area contributed by atoms with Gasteiger partial charge in [0.05, 0.1) is 10.5 Å². The number of nitrogens with zero attached hydrogens (tertiary/aromatic N) is 1. The molecule has 1 heterocycles. The monoisotopic (exact) mass is 311 g/mol. The van der Waals surface area contributed by atoms with Crippen LogP contribution < -0.4 is 5.32 Å². The molecule has 3 aromatic rings. The molecule has 0 saturated heterocycles. The van der Waals surface area contributed by atoms with Crippen LogP contribution in [0.4, 0.5) is 11.4 Å². The van der Waals surface area contributed by atoms with E-state index in [1.165, 1.54) is 0 Å². The van der Waals surface area contributed by atoms with Crippen molar-refractivity contribution in [3.8, 4) is 0 Å². The maximum Gasteiger partial charge on any atom is 0.298 e. The summed E-state index contributed by atoms with van der Waals surface area (Å²) in [5.41, 5.74) is 2.05. The van der Waals surface area contributed by atoms with Crippen LogP contribution in [0.2, 0.25) is 0 Å². The number of anilines is 1. The molecule has 2 aromatic carbocycles. The first-order valence-corrected chi connectivity index (χ1v) is 7.14. The number of benzene rings is 2. The Hall–Kier alpha value is -2.73. The van der Waals surface area contributed by atoms with Crippen LogP contribution in [0.3, 0.4) is 0 Å². The zero-order valence-corrected chi connectivity index (χ0v) is 12.4. The molecule has 0 saturated carbocycles. The fourth-order valence-electron chi connectivity index (χ4n) is 2.35. The molecule has 5 nitrogen and oxygen atoms in total. The van der Waals surface area contributed by atoms with Gasteiger partial charge >= 0.3 is 0 Å². The highest BCUT2D eigenvalue weighted by Gasteiger charge is 2.18. The van der Waals surface area contributed by atoms with E-state index in [9.17, 15) is 10.1 Å². The molecular formula is C16H13N3O2S. The molecule has 0 unspecified atom stereocenters. The maximum atomic E-state index is 11.5. The molecule has 2 N–H and O–H groups in total. The largest absolute Gasteiger partial charge is 0.381 e. The van der Waals surface area contributed by atoms with Gasteiger partial charge in [0.15, 0.2) is 0 Å². The van der Waals surface area contributed by atoms with Crippen molar-refractivity contribution in [3.63, 3.8) is 0 Å². The lowest BCUT2D eigenvalue weighted by atomic mass is 10.1. The van der Waals surface area contributed by atoms with E-state index in [0.717, 1.165) is 11.1 Å². The Morgan fingerprint density at radius 2 is 1.82 bits per heavy atom. The van der Waals surface area contributed by atoms with Gasteiger partial charge in [-0.1, -0.05) is 36.5 Å². The summed E-state index contributed by atoms with van der Waals surface area (Å²) in [6.45, 7) is 0.367. The van der Waals surface area contributed by atoms with Crippen LogP contribution in [-0.4, -0.2) is 9.91 Å². The highest BCUT2D eigenvalue weighted by Crippen LogP contribution is 2.28. The molecule has 0 aliphatic heterocycles. The smallest absolute Gasteiger partial charge is 0.298 e. The van der Waals surface area contributed by atoms with Gasteiger partial charge in [0.25, 0.3) is 5.69 Å². The van der Waals surface area contributed by atoms with Crippen LogP contribution in [0.15, 0.2) is 54.6 Å². The normalized spacial score (nSPS) is 10.5. The summed E-state index contributed by atoms with van der Waals surface area (Å²) in [5, 5.41) is 15.4. The molecule has 0 aliphatic carbocycles. The zero-order chi connectivity index (χ0) is 15.5. The molecule has 3 rings (SSSR count). The maximum absolute atomic E-state index is 11.5. The zero-order valence-electron chi connectivity index (χ0n) is 11.6. The predicted molar refractivity (Wildman–Crippen MR) is 89.6 cm³/mol. The molecule has 0 radical (unpaired) electrons. The van der Waals surface area contributed by atoms with Gasteiger partial charge in [-0.3, -0.25) is 10.1 Å². The number of H-pyrrole nitrogens is 1. The van der Waals surface area contributed by atoms with Gasteiger partial charge in [0.1, 0.15) is 10.2 Å². The Bertz CT molecular complexity index is 891. The third-order valence-electron chi connectivity index (χ3n) is 3.40. The topological polar surface area (TPSA) is 71.0 Å². The lowest BCUT2D eigenvalue weighted by Crippen LogP contribution is -2.04. The van der Waals surface area contributed by atoms with E-state index in [2.05, 4.69) is 10.3 Å². The Balaban J connectivity index is 2.03. The molecule has 6 heteroatoms. The number of aromatic nitrogens is 1. The van der Waals surface area contributed by atoms with Crippen molar-refractivity contribution in [3.05, 3.63) is 74.9 Å².